The van der Waals surface area contributed by atoms with Crippen LogP contribution in [0.4, 0.5) is 24.7 Å². The van der Waals surface area contributed by atoms with Gasteiger partial charge in [-0.3, -0.25) is 0 Å². The van der Waals surface area contributed by atoms with Crippen molar-refractivity contribution in [1.29, 1.82) is 0 Å². The Morgan fingerprint density at radius 1 is 1.21 bits per heavy atom. The first-order valence-corrected chi connectivity index (χ1v) is 8.86. The van der Waals surface area contributed by atoms with E-state index in [-0.39, 0.29) is 17.1 Å². The number of hydrogen-bond acceptors (Lipinski definition) is 5. The zero-order valence-corrected chi connectivity index (χ0v) is 15.9. The summed E-state index contributed by atoms with van der Waals surface area (Å²) in [4.78, 5) is 11.6. The zero-order chi connectivity index (χ0) is 20.5. The van der Waals surface area contributed by atoms with E-state index in [0.29, 0.717) is 23.6 Å². The Morgan fingerprint density at radius 2 is 1.89 bits per heavy atom. The molecule has 1 atom stereocenters. The largest absolute Gasteiger partial charge is 0.434 e. The number of aromatic nitrogens is 4. The van der Waals surface area contributed by atoms with E-state index in [2.05, 4.69) is 20.3 Å². The lowest BCUT2D eigenvalue weighted by Gasteiger charge is -2.16. The van der Waals surface area contributed by atoms with Gasteiger partial charge in [0.15, 0.2) is 11.5 Å². The average Bonchev–Trinajstić information content (AvgIpc) is 3.09. The van der Waals surface area contributed by atoms with Crippen molar-refractivity contribution in [2.75, 3.05) is 11.1 Å². The molecule has 28 heavy (non-hydrogen) atoms. The van der Waals surface area contributed by atoms with Crippen molar-refractivity contribution in [3.63, 3.8) is 0 Å². The molecule has 6 nitrogen and oxygen atoms in total. The molecule has 0 aliphatic carbocycles. The van der Waals surface area contributed by atoms with Gasteiger partial charge in [-0.15, -0.1) is 0 Å². The van der Waals surface area contributed by atoms with E-state index in [1.807, 2.05) is 19.1 Å². The summed E-state index contributed by atoms with van der Waals surface area (Å²) >= 11 is 5.79. The van der Waals surface area contributed by atoms with Crippen LogP contribution in [-0.4, -0.2) is 19.5 Å². The summed E-state index contributed by atoms with van der Waals surface area (Å²) in [5.41, 5.74) is 6.78. The van der Waals surface area contributed by atoms with Crippen LogP contribution in [0, 0.1) is 0 Å². The number of benzene rings is 1. The lowest BCUT2D eigenvalue weighted by molar-refractivity contribution is -0.140. The van der Waals surface area contributed by atoms with Crippen molar-refractivity contribution in [2.24, 2.45) is 0 Å². The third-order valence-electron chi connectivity index (χ3n) is 4.22. The van der Waals surface area contributed by atoms with Gasteiger partial charge in [0.05, 0.1) is 17.9 Å². The maximum atomic E-state index is 13.0. The number of rotatable bonds is 5. The second-order valence-electron chi connectivity index (χ2n) is 6.16. The Morgan fingerprint density at radius 3 is 2.50 bits per heavy atom. The van der Waals surface area contributed by atoms with E-state index in [9.17, 15) is 13.2 Å². The molecule has 0 aliphatic heterocycles. The van der Waals surface area contributed by atoms with E-state index in [4.69, 9.17) is 17.3 Å². The molecule has 0 saturated carbocycles. The van der Waals surface area contributed by atoms with E-state index >= 15 is 0 Å². The second kappa shape index (κ2) is 7.67. The van der Waals surface area contributed by atoms with Crippen LogP contribution < -0.4 is 11.1 Å². The molecule has 10 heteroatoms. The summed E-state index contributed by atoms with van der Waals surface area (Å²) in [6.45, 7) is 4.05. The first-order chi connectivity index (χ1) is 13.2. The molecule has 0 fully saturated rings. The van der Waals surface area contributed by atoms with Crippen LogP contribution in [0.3, 0.4) is 0 Å². The van der Waals surface area contributed by atoms with Gasteiger partial charge in [0.1, 0.15) is 5.82 Å². The topological polar surface area (TPSA) is 81.7 Å². The quantitative estimate of drug-likeness (QED) is 0.591. The molecule has 0 aliphatic rings. The molecule has 0 saturated heterocycles. The minimum Gasteiger partial charge on any atom is -0.394 e. The maximum absolute atomic E-state index is 13.0. The van der Waals surface area contributed by atoms with E-state index < -0.39 is 11.9 Å². The van der Waals surface area contributed by atoms with Crippen LogP contribution in [0.25, 0.3) is 11.4 Å². The van der Waals surface area contributed by atoms with Gasteiger partial charge < -0.3 is 15.6 Å². The number of hydrogen-bond donors (Lipinski definition) is 2. The Kier molecular flexibility index (Phi) is 5.46. The molecule has 0 spiro atoms. The summed E-state index contributed by atoms with van der Waals surface area (Å²) in [6.07, 6.45) is -2.04. The van der Waals surface area contributed by atoms with Crippen LogP contribution in [-0.2, 0) is 12.7 Å². The lowest BCUT2D eigenvalue weighted by Crippen LogP contribution is -2.10. The van der Waals surface area contributed by atoms with Gasteiger partial charge in [-0.05, 0) is 31.0 Å². The highest BCUT2D eigenvalue weighted by Gasteiger charge is 2.34. The third-order valence-corrected chi connectivity index (χ3v) is 4.40. The van der Waals surface area contributed by atoms with Crippen molar-refractivity contribution >= 4 is 23.1 Å². The highest BCUT2D eigenvalue weighted by atomic mass is 35.5. The number of halogens is 4. The first kappa shape index (κ1) is 19.9. The number of anilines is 2. The monoisotopic (exact) mass is 410 g/mol. The summed E-state index contributed by atoms with van der Waals surface area (Å²) in [7, 11) is 0. The molecule has 3 N–H and O–H groups in total. The Balaban J connectivity index is 1.83. The number of nitrogen functional groups attached to an aromatic ring is 1. The molecular formula is C18H18ClF3N6. The Bertz CT molecular complexity index is 968. The van der Waals surface area contributed by atoms with Crippen molar-refractivity contribution < 1.29 is 13.2 Å². The van der Waals surface area contributed by atoms with Crippen molar-refractivity contribution in [3.05, 3.63) is 53.2 Å². The number of nitrogens with one attached hydrogen (secondary N) is 1. The summed E-state index contributed by atoms with van der Waals surface area (Å²) in [5.74, 6) is 0.682. The SMILES string of the molecule is CCn1cc(C(F)(F)F)nc1-c1ccc([C@@H](C)Nc2nc(Cl)ncc2N)cc1. The molecule has 0 amide bonds. The third kappa shape index (κ3) is 4.19. The normalized spacial score (nSPS) is 12.8. The van der Waals surface area contributed by atoms with Gasteiger partial charge in [-0.1, -0.05) is 24.3 Å². The molecule has 2 aromatic heterocycles. The lowest BCUT2D eigenvalue weighted by atomic mass is 10.1. The summed E-state index contributed by atoms with van der Waals surface area (Å²) < 4.78 is 40.3. The summed E-state index contributed by atoms with van der Waals surface area (Å²) in [6, 6.07) is 6.93. The molecule has 3 rings (SSSR count). The number of aryl methyl sites for hydroxylation is 1. The van der Waals surface area contributed by atoms with Crippen molar-refractivity contribution in [1.82, 2.24) is 19.5 Å². The van der Waals surface area contributed by atoms with Crippen LogP contribution >= 0.6 is 11.6 Å². The summed E-state index contributed by atoms with van der Waals surface area (Å²) in [5, 5.41) is 3.22. The highest BCUT2D eigenvalue weighted by Crippen LogP contribution is 2.31. The highest BCUT2D eigenvalue weighted by molar-refractivity contribution is 6.28. The number of alkyl halides is 3. The molecule has 148 valence electrons. The van der Waals surface area contributed by atoms with Crippen molar-refractivity contribution in [3.8, 4) is 11.4 Å². The molecule has 0 unspecified atom stereocenters. The molecule has 0 bridgehead atoms. The predicted molar refractivity (Wildman–Crippen MR) is 102 cm³/mol. The number of imidazole rings is 1. The molecule has 1 aromatic carbocycles. The van der Waals surface area contributed by atoms with Crippen LogP contribution in [0.5, 0.6) is 0 Å². The number of nitrogens with zero attached hydrogens (tertiary/aromatic N) is 4. The van der Waals surface area contributed by atoms with Gasteiger partial charge in [0.25, 0.3) is 0 Å². The van der Waals surface area contributed by atoms with Gasteiger partial charge in [-0.2, -0.15) is 18.2 Å². The van der Waals surface area contributed by atoms with Gasteiger partial charge in [0, 0.05) is 18.3 Å². The second-order valence-corrected chi connectivity index (χ2v) is 6.50. The van der Waals surface area contributed by atoms with Crippen LogP contribution in [0.2, 0.25) is 5.28 Å². The minimum atomic E-state index is -4.48. The smallest absolute Gasteiger partial charge is 0.394 e. The fourth-order valence-corrected chi connectivity index (χ4v) is 2.85. The predicted octanol–water partition coefficient (Wildman–Crippen LogP) is 4.79. The molecule has 2 heterocycles. The number of nitrogens with two attached hydrogens (primary N) is 1. The molecule has 3 aromatic rings. The maximum Gasteiger partial charge on any atom is 0.434 e. The average molecular weight is 411 g/mol. The standard InChI is InChI=1S/C18H18ClF3N6/c1-3-28-9-14(18(20,21)22)26-16(28)12-6-4-11(5-7-12)10(2)25-15-13(23)8-24-17(19)27-15/h4-10H,3,23H2,1-2H3,(H,24,25,27)/t10-/m1/s1. The zero-order valence-electron chi connectivity index (χ0n) is 15.1. The molecular weight excluding hydrogens is 393 g/mol. The van der Waals surface area contributed by atoms with Crippen LogP contribution in [0.1, 0.15) is 31.1 Å². The van der Waals surface area contributed by atoms with Gasteiger partial charge in [-0.25, -0.2) is 9.97 Å². The first-order valence-electron chi connectivity index (χ1n) is 8.48. The Hall–Kier alpha value is -2.81. The fourth-order valence-electron chi connectivity index (χ4n) is 2.72. The van der Waals surface area contributed by atoms with Crippen molar-refractivity contribution in [2.45, 2.75) is 32.6 Å². The fraction of sp³-hybridized carbons (Fsp3) is 0.278. The van der Waals surface area contributed by atoms with Gasteiger partial charge >= 0.3 is 6.18 Å². The van der Waals surface area contributed by atoms with E-state index in [1.54, 1.807) is 19.1 Å². The van der Waals surface area contributed by atoms with E-state index in [1.165, 1.54) is 10.8 Å². The van der Waals surface area contributed by atoms with E-state index in [0.717, 1.165) is 11.8 Å². The van der Waals surface area contributed by atoms with Gasteiger partial charge in [0.2, 0.25) is 5.28 Å². The Labute approximate surface area is 164 Å². The minimum absolute atomic E-state index is 0.0751. The molecule has 0 radical (unpaired) electrons. The van der Waals surface area contributed by atoms with Crippen LogP contribution in [0.15, 0.2) is 36.7 Å².